The summed E-state index contributed by atoms with van der Waals surface area (Å²) in [5.41, 5.74) is 5.60. The van der Waals surface area contributed by atoms with Gasteiger partial charge in [0.15, 0.2) is 0 Å². The van der Waals surface area contributed by atoms with Gasteiger partial charge in [0.1, 0.15) is 5.84 Å². The third-order valence-electron chi connectivity index (χ3n) is 3.53. The number of carbonyl (C=O) groups excluding carboxylic acids is 1. The molecule has 1 aliphatic heterocycles. The first-order valence-corrected chi connectivity index (χ1v) is 6.09. The minimum absolute atomic E-state index is 0.158. The quantitative estimate of drug-likeness (QED) is 0.792. The topological polar surface area (TPSA) is 58.7 Å². The van der Waals surface area contributed by atoms with Gasteiger partial charge in [0, 0.05) is 6.54 Å². The molecule has 2 aliphatic rings. The number of carbonyl (C=O) groups is 1. The molecule has 2 amide bonds. The van der Waals surface area contributed by atoms with Gasteiger partial charge in [-0.05, 0) is 25.2 Å². The van der Waals surface area contributed by atoms with E-state index in [4.69, 9.17) is 5.73 Å². The number of aliphatic imine (C=N–C) groups is 1. The number of hydrogen-bond acceptors (Lipinski definition) is 2. The predicted octanol–water partition coefficient (Wildman–Crippen LogP) is 1.99. The van der Waals surface area contributed by atoms with Crippen LogP contribution in [0.1, 0.15) is 40.0 Å². The maximum Gasteiger partial charge on any atom is 0.346 e. The largest absolute Gasteiger partial charge is 0.385 e. The van der Waals surface area contributed by atoms with E-state index in [0.717, 1.165) is 18.9 Å². The zero-order valence-electron chi connectivity index (χ0n) is 10.4. The summed E-state index contributed by atoms with van der Waals surface area (Å²) in [7, 11) is 0. The fourth-order valence-electron chi connectivity index (χ4n) is 2.38. The Morgan fingerprint density at radius 2 is 2.19 bits per heavy atom. The van der Waals surface area contributed by atoms with E-state index in [1.165, 1.54) is 12.8 Å². The Bertz CT molecular complexity index is 333. The first-order valence-electron chi connectivity index (χ1n) is 6.09. The minimum Gasteiger partial charge on any atom is -0.385 e. The van der Waals surface area contributed by atoms with Crippen LogP contribution in [0.15, 0.2) is 4.99 Å². The van der Waals surface area contributed by atoms with Crippen LogP contribution >= 0.6 is 0 Å². The third kappa shape index (κ3) is 1.93. The highest BCUT2D eigenvalue weighted by molar-refractivity contribution is 6.05. The molecule has 1 fully saturated rings. The molecule has 0 spiro atoms. The van der Waals surface area contributed by atoms with Crippen molar-refractivity contribution in [3.63, 3.8) is 0 Å². The maximum absolute atomic E-state index is 11.8. The van der Waals surface area contributed by atoms with Crippen LogP contribution in [0, 0.1) is 11.8 Å². The lowest BCUT2D eigenvalue weighted by Gasteiger charge is -2.36. The Morgan fingerprint density at radius 3 is 2.69 bits per heavy atom. The SMILES string of the molecule is CC(C)CN1C(=O)N=C(N)C1(C)CC1CC1. The molecule has 0 radical (unpaired) electrons. The summed E-state index contributed by atoms with van der Waals surface area (Å²) in [5.74, 6) is 1.69. The van der Waals surface area contributed by atoms with E-state index in [1.807, 2.05) is 4.90 Å². The van der Waals surface area contributed by atoms with E-state index in [1.54, 1.807) is 0 Å². The molecule has 0 aromatic heterocycles. The molecule has 0 aromatic rings. The van der Waals surface area contributed by atoms with Gasteiger partial charge in [-0.25, -0.2) is 4.79 Å². The minimum atomic E-state index is -0.331. The van der Waals surface area contributed by atoms with Gasteiger partial charge in [-0.15, -0.1) is 0 Å². The lowest BCUT2D eigenvalue weighted by Crippen LogP contribution is -2.53. The van der Waals surface area contributed by atoms with Crippen molar-refractivity contribution in [2.45, 2.75) is 45.6 Å². The average Bonchev–Trinajstić information content (AvgIpc) is 2.93. The number of nitrogens with zero attached hydrogens (tertiary/aromatic N) is 2. The fraction of sp³-hybridized carbons (Fsp3) is 0.833. The normalized spacial score (nSPS) is 30.1. The van der Waals surface area contributed by atoms with E-state index in [0.29, 0.717) is 11.8 Å². The standard InChI is InChI=1S/C12H21N3O/c1-8(2)7-15-11(16)14-10(13)12(15,3)6-9-4-5-9/h8-9H,4-7H2,1-3H3,(H2,13,14,16). The van der Waals surface area contributed by atoms with Crippen LogP contribution in [0.4, 0.5) is 4.79 Å². The van der Waals surface area contributed by atoms with Gasteiger partial charge in [-0.1, -0.05) is 26.7 Å². The van der Waals surface area contributed by atoms with Crippen molar-refractivity contribution in [2.75, 3.05) is 6.54 Å². The van der Waals surface area contributed by atoms with Crippen LogP contribution in [-0.4, -0.2) is 28.9 Å². The molecule has 1 aliphatic carbocycles. The van der Waals surface area contributed by atoms with Gasteiger partial charge >= 0.3 is 6.03 Å². The van der Waals surface area contributed by atoms with Gasteiger partial charge in [-0.2, -0.15) is 4.99 Å². The monoisotopic (exact) mass is 223 g/mol. The zero-order valence-corrected chi connectivity index (χ0v) is 10.4. The Hall–Kier alpha value is -1.06. The summed E-state index contributed by atoms with van der Waals surface area (Å²) >= 11 is 0. The van der Waals surface area contributed by atoms with E-state index < -0.39 is 0 Å². The maximum atomic E-state index is 11.8. The van der Waals surface area contributed by atoms with Crippen LogP contribution < -0.4 is 5.73 Å². The number of amidine groups is 1. The highest BCUT2D eigenvalue weighted by atomic mass is 16.2. The molecule has 16 heavy (non-hydrogen) atoms. The molecule has 1 heterocycles. The molecule has 0 bridgehead atoms. The lowest BCUT2D eigenvalue weighted by atomic mass is 9.91. The summed E-state index contributed by atoms with van der Waals surface area (Å²) in [6.45, 7) is 7.02. The van der Waals surface area contributed by atoms with Crippen LogP contribution in [0.25, 0.3) is 0 Å². The molecule has 2 rings (SSSR count). The molecule has 4 nitrogen and oxygen atoms in total. The Morgan fingerprint density at radius 1 is 1.56 bits per heavy atom. The summed E-state index contributed by atoms with van der Waals surface area (Å²) in [4.78, 5) is 17.6. The van der Waals surface area contributed by atoms with Crippen molar-refractivity contribution in [3.8, 4) is 0 Å². The second-order valence-corrected chi connectivity index (χ2v) is 5.71. The van der Waals surface area contributed by atoms with Gasteiger partial charge in [0.2, 0.25) is 0 Å². The van der Waals surface area contributed by atoms with Crippen LogP contribution in [0.2, 0.25) is 0 Å². The predicted molar refractivity (Wildman–Crippen MR) is 64.3 cm³/mol. The van der Waals surface area contributed by atoms with Gasteiger partial charge in [0.05, 0.1) is 5.54 Å². The molecular weight excluding hydrogens is 202 g/mol. The van der Waals surface area contributed by atoms with Crippen molar-refractivity contribution >= 4 is 11.9 Å². The molecule has 1 saturated carbocycles. The number of rotatable bonds is 4. The van der Waals surface area contributed by atoms with Crippen molar-refractivity contribution in [3.05, 3.63) is 0 Å². The second-order valence-electron chi connectivity index (χ2n) is 5.71. The summed E-state index contributed by atoms with van der Waals surface area (Å²) in [6.07, 6.45) is 3.51. The third-order valence-corrected chi connectivity index (χ3v) is 3.53. The molecule has 1 unspecified atom stereocenters. The first-order chi connectivity index (χ1) is 7.43. The Balaban J connectivity index is 2.16. The smallest absolute Gasteiger partial charge is 0.346 e. The highest BCUT2D eigenvalue weighted by Crippen LogP contribution is 2.41. The fourth-order valence-corrected chi connectivity index (χ4v) is 2.38. The van der Waals surface area contributed by atoms with Crippen LogP contribution in [0.3, 0.4) is 0 Å². The number of amides is 2. The van der Waals surface area contributed by atoms with Crippen LogP contribution in [-0.2, 0) is 0 Å². The zero-order chi connectivity index (χ0) is 11.9. The number of hydrogen-bond donors (Lipinski definition) is 1. The highest BCUT2D eigenvalue weighted by Gasteiger charge is 2.47. The van der Waals surface area contributed by atoms with Crippen molar-refractivity contribution in [1.82, 2.24) is 4.90 Å². The molecule has 90 valence electrons. The molecule has 2 N–H and O–H groups in total. The first kappa shape index (κ1) is 11.4. The molecule has 1 atom stereocenters. The molecule has 4 heteroatoms. The van der Waals surface area contributed by atoms with E-state index in [-0.39, 0.29) is 11.6 Å². The molecule has 0 aromatic carbocycles. The number of urea groups is 1. The van der Waals surface area contributed by atoms with Gasteiger partial charge in [-0.3, -0.25) is 0 Å². The summed E-state index contributed by atoms with van der Waals surface area (Å²) < 4.78 is 0. The van der Waals surface area contributed by atoms with Crippen LogP contribution in [0.5, 0.6) is 0 Å². The lowest BCUT2D eigenvalue weighted by molar-refractivity contribution is 0.159. The summed E-state index contributed by atoms with van der Waals surface area (Å²) in [5, 5.41) is 0. The van der Waals surface area contributed by atoms with Crippen molar-refractivity contribution < 1.29 is 4.79 Å². The van der Waals surface area contributed by atoms with Crippen molar-refractivity contribution in [2.24, 2.45) is 22.6 Å². The molecular formula is C12H21N3O. The Kier molecular flexibility index (Phi) is 2.68. The van der Waals surface area contributed by atoms with E-state index >= 15 is 0 Å². The summed E-state index contributed by atoms with van der Waals surface area (Å²) in [6, 6.07) is -0.158. The molecule has 0 saturated heterocycles. The van der Waals surface area contributed by atoms with Gasteiger partial charge in [0.25, 0.3) is 0 Å². The second kappa shape index (κ2) is 3.75. The Labute approximate surface area is 96.9 Å². The van der Waals surface area contributed by atoms with Gasteiger partial charge < -0.3 is 10.6 Å². The van der Waals surface area contributed by atoms with E-state index in [2.05, 4.69) is 25.8 Å². The number of nitrogens with two attached hydrogens (primary N) is 1. The van der Waals surface area contributed by atoms with Crippen molar-refractivity contribution in [1.29, 1.82) is 0 Å². The average molecular weight is 223 g/mol. The van der Waals surface area contributed by atoms with E-state index in [9.17, 15) is 4.79 Å².